The summed E-state index contributed by atoms with van der Waals surface area (Å²) in [7, 11) is -6.87. The summed E-state index contributed by atoms with van der Waals surface area (Å²) in [6.07, 6.45) is -0.792. The van der Waals surface area contributed by atoms with Gasteiger partial charge in [0.2, 0.25) is 11.8 Å². The molecule has 0 radical (unpaired) electrons. The van der Waals surface area contributed by atoms with Gasteiger partial charge in [0, 0.05) is 72.2 Å². The van der Waals surface area contributed by atoms with Crippen molar-refractivity contribution in [3.8, 4) is 22.9 Å². The zero-order chi connectivity index (χ0) is 63.1. The van der Waals surface area contributed by atoms with Gasteiger partial charge >= 0.3 is 30.4 Å². The van der Waals surface area contributed by atoms with E-state index in [9.17, 15) is 57.6 Å². The van der Waals surface area contributed by atoms with Crippen molar-refractivity contribution in [3.05, 3.63) is 143 Å². The van der Waals surface area contributed by atoms with Gasteiger partial charge in [0.25, 0.3) is 11.8 Å². The number of alkyl carbamates (subject to hydrolysis) is 1. The number of benzene rings is 2. The molecule has 2 aliphatic rings. The van der Waals surface area contributed by atoms with E-state index < -0.39 is 66.2 Å². The van der Waals surface area contributed by atoms with E-state index in [-0.39, 0.29) is 61.1 Å². The van der Waals surface area contributed by atoms with Crippen molar-refractivity contribution in [3.63, 3.8) is 0 Å². The molecule has 8 rings (SSSR count). The van der Waals surface area contributed by atoms with Crippen molar-refractivity contribution in [2.75, 3.05) is 0 Å². The monoisotopic (exact) mass is 1290 g/mol. The molecule has 2 saturated carbocycles. The quantitative estimate of drug-likeness (QED) is 0.0521. The summed E-state index contributed by atoms with van der Waals surface area (Å²) in [6.45, 7) is 9.48. The molecule has 0 spiro atoms. The van der Waals surface area contributed by atoms with E-state index in [2.05, 4.69) is 35.9 Å². The molecule has 0 bridgehead atoms. The number of carbonyl (C=O) groups excluding carboxylic acids is 3. The van der Waals surface area contributed by atoms with Crippen LogP contribution in [0.3, 0.4) is 0 Å². The molecular weight excluding hydrogens is 1220 g/mol. The minimum Gasteiger partial charge on any atom is -0.475 e. The Morgan fingerprint density at radius 2 is 1.01 bits per heavy atom. The number of ether oxygens (including phenoxy) is 1. The summed E-state index contributed by atoms with van der Waals surface area (Å²) in [5, 5.41) is 21.7. The first-order chi connectivity index (χ1) is 39.6. The number of nitrogens with one attached hydrogen (secondary N) is 3. The normalized spacial score (nSPS) is 16.5. The lowest BCUT2D eigenvalue weighted by molar-refractivity contribution is -0.193. The van der Waals surface area contributed by atoms with Crippen molar-refractivity contribution in [2.24, 2.45) is 5.73 Å². The van der Waals surface area contributed by atoms with Crippen LogP contribution < -0.4 is 21.7 Å². The number of alkyl halides is 6. The van der Waals surface area contributed by atoms with Gasteiger partial charge in [-0.05, 0) is 145 Å². The van der Waals surface area contributed by atoms with Crippen LogP contribution in [0.25, 0.3) is 22.9 Å². The standard InChI is InChI=1S/C28H34N4O6S.C23H26N4O4S.2C2HF3O2.CH4.ClH/c1-18-24(17-39(35,36)23-12-11-22(14-23)31-27(34)38-28(2,3)4)32-26(37-18)21-9-7-20(8-10-21)25(33)30-16-19-6-5-13-29-15-19;1-15-21(14-32(29,30)20-9-8-19(24)11-20)27-23(31-15)18-6-4-17(5-7-18)22(28)26-13-16-3-2-10-25-12-16;2*3-2(4,5)1(6)7;;/h5-10,13,15,22-23H,11-12,14,16-17H2,1-4H3,(H,30,33)(H,31,34);2-7,10,12,19-20H,8-9,11,13-14,24H2,1H3,(H,26,28);2*(H,6,7);1H4;1H/t22-,23-;19-,20-;;;;/m00..../s1. The van der Waals surface area contributed by atoms with Crippen LogP contribution in [0.15, 0.2) is 106 Å². The lowest BCUT2D eigenvalue weighted by Crippen LogP contribution is -2.38. The van der Waals surface area contributed by atoms with E-state index in [1.54, 1.807) is 108 Å². The van der Waals surface area contributed by atoms with Crippen LogP contribution in [0.5, 0.6) is 0 Å². The van der Waals surface area contributed by atoms with Crippen molar-refractivity contribution >= 4 is 61.9 Å². The van der Waals surface area contributed by atoms with Gasteiger partial charge in [0.1, 0.15) is 17.1 Å². The predicted octanol–water partition coefficient (Wildman–Crippen LogP) is 9.43. The van der Waals surface area contributed by atoms with Gasteiger partial charge in [-0.2, -0.15) is 26.3 Å². The fourth-order valence-electron chi connectivity index (χ4n) is 8.26. The number of carboxylic acid groups (broad SMARTS) is 2. The Kier molecular flexibility index (Phi) is 26.6. The molecule has 0 aliphatic heterocycles. The molecule has 6 aromatic rings. The second-order valence-corrected chi connectivity index (χ2v) is 25.0. The molecule has 31 heteroatoms. The number of carboxylic acids is 2. The number of hydrogen-bond donors (Lipinski definition) is 6. The van der Waals surface area contributed by atoms with Gasteiger partial charge in [0.15, 0.2) is 19.7 Å². The zero-order valence-electron chi connectivity index (χ0n) is 46.8. The van der Waals surface area contributed by atoms with Crippen molar-refractivity contribution in [1.82, 2.24) is 35.9 Å². The van der Waals surface area contributed by atoms with Crippen LogP contribution in [0.2, 0.25) is 0 Å². The lowest BCUT2D eigenvalue weighted by atomic mass is 10.1. The van der Waals surface area contributed by atoms with E-state index in [1.807, 2.05) is 24.3 Å². The van der Waals surface area contributed by atoms with E-state index >= 15 is 0 Å². The number of oxazole rings is 2. The van der Waals surface area contributed by atoms with Crippen LogP contribution in [-0.2, 0) is 58.6 Å². The van der Waals surface area contributed by atoms with Crippen LogP contribution in [0, 0.1) is 13.8 Å². The number of nitrogens with zero attached hydrogens (tertiary/aromatic N) is 4. The average molecular weight is 1290 g/mol. The summed E-state index contributed by atoms with van der Waals surface area (Å²) >= 11 is 0. The Bertz CT molecular complexity index is 3460. The second kappa shape index (κ2) is 31.6. The van der Waals surface area contributed by atoms with Crippen molar-refractivity contribution in [2.45, 2.75) is 146 Å². The Balaban J connectivity index is 0.000000370. The number of pyridine rings is 2. The Morgan fingerprint density at radius 3 is 1.34 bits per heavy atom. The number of hydrogen-bond acceptors (Lipinski definition) is 17. The third-order valence-corrected chi connectivity index (χ3v) is 16.9. The number of sulfone groups is 2. The van der Waals surface area contributed by atoms with Gasteiger partial charge < -0.3 is 45.5 Å². The molecule has 22 nitrogen and oxygen atoms in total. The molecule has 2 aromatic carbocycles. The molecule has 4 atom stereocenters. The highest BCUT2D eigenvalue weighted by Crippen LogP contribution is 2.32. The summed E-state index contributed by atoms with van der Waals surface area (Å²) in [5.41, 5.74) is 10.1. The highest BCUT2D eigenvalue weighted by atomic mass is 35.5. The third-order valence-electron chi connectivity index (χ3n) is 12.6. The number of halogens is 7. The number of amides is 3. The van der Waals surface area contributed by atoms with E-state index in [1.165, 1.54) is 0 Å². The van der Waals surface area contributed by atoms with Crippen LogP contribution >= 0.6 is 12.4 Å². The third kappa shape index (κ3) is 23.3. The van der Waals surface area contributed by atoms with E-state index in [0.717, 1.165) is 17.5 Å². The second-order valence-electron chi connectivity index (χ2n) is 20.5. The smallest absolute Gasteiger partial charge is 0.475 e. The molecule has 87 heavy (non-hydrogen) atoms. The first kappa shape index (κ1) is 73.3. The molecule has 4 aromatic heterocycles. The molecule has 3 amide bonds. The Hall–Kier alpha value is -7.96. The molecule has 0 unspecified atom stereocenters. The minimum atomic E-state index is -5.08. The van der Waals surface area contributed by atoms with Gasteiger partial charge in [-0.1, -0.05) is 19.6 Å². The fourth-order valence-corrected chi connectivity index (χ4v) is 12.1. The number of aromatic nitrogens is 4. The largest absolute Gasteiger partial charge is 0.490 e. The van der Waals surface area contributed by atoms with Gasteiger partial charge in [0.05, 0.1) is 33.4 Å². The highest BCUT2D eigenvalue weighted by molar-refractivity contribution is 7.91. The van der Waals surface area contributed by atoms with Crippen LogP contribution in [-0.4, -0.2) is 117 Å². The average Bonchev–Trinajstić information content (AvgIpc) is 2.31. The number of aryl methyl sites for hydroxylation is 2. The van der Waals surface area contributed by atoms with Crippen LogP contribution in [0.4, 0.5) is 31.1 Å². The summed E-state index contributed by atoms with van der Waals surface area (Å²) < 4.78 is 132. The minimum absolute atomic E-state index is 0. The SMILES string of the molecule is C.Cc1oc(-c2ccc(C(=O)NCc3cccnc3)cc2)nc1CS(=O)(=O)[C@H]1CC[C@H](N)C1.Cc1oc(-c2ccc(C(=O)NCc3cccnc3)cc2)nc1CS(=O)(=O)[C@H]1CC[C@H](NC(=O)OC(C)(C)C)C1.Cl.O=C(O)C(F)(F)F.O=C(O)C(F)(F)F. The summed E-state index contributed by atoms with van der Waals surface area (Å²) in [4.78, 5) is 71.7. The molecule has 7 N–H and O–H groups in total. The van der Waals surface area contributed by atoms with Gasteiger partial charge in [-0.25, -0.2) is 41.2 Å². The number of nitrogens with two attached hydrogens (primary N) is 1. The molecular formula is C56H67ClF6N8O14S2. The fraction of sp³-hybridized carbons (Fsp3) is 0.411. The summed E-state index contributed by atoms with van der Waals surface area (Å²) in [6, 6.07) is 20.7. The highest BCUT2D eigenvalue weighted by Gasteiger charge is 2.40. The van der Waals surface area contributed by atoms with Gasteiger partial charge in [-0.15, -0.1) is 12.4 Å². The first-order valence-electron chi connectivity index (χ1n) is 25.9. The topological polar surface area (TPSA) is 343 Å². The predicted molar refractivity (Wildman–Crippen MR) is 307 cm³/mol. The van der Waals surface area contributed by atoms with Crippen molar-refractivity contribution in [1.29, 1.82) is 0 Å². The number of aliphatic carboxylic acids is 2. The van der Waals surface area contributed by atoms with E-state index in [0.29, 0.717) is 96.2 Å². The summed E-state index contributed by atoms with van der Waals surface area (Å²) in [5.74, 6) is -4.83. The Morgan fingerprint density at radius 1 is 0.632 bits per heavy atom. The zero-order valence-corrected chi connectivity index (χ0v) is 49.2. The lowest BCUT2D eigenvalue weighted by Gasteiger charge is -2.21. The molecule has 2 aliphatic carbocycles. The Labute approximate surface area is 503 Å². The molecule has 4 heterocycles. The van der Waals surface area contributed by atoms with Gasteiger partial charge in [-0.3, -0.25) is 19.6 Å². The first-order valence-corrected chi connectivity index (χ1v) is 29.3. The molecule has 0 saturated heterocycles. The van der Waals surface area contributed by atoms with Crippen molar-refractivity contribution < 1.29 is 90.9 Å². The van der Waals surface area contributed by atoms with E-state index in [4.69, 9.17) is 39.1 Å². The molecule has 2 fully saturated rings. The maximum atomic E-state index is 13.2. The maximum absolute atomic E-state index is 13.2. The number of rotatable bonds is 15. The number of carbonyl (C=O) groups is 5. The van der Waals surface area contributed by atoms with Crippen LogP contribution in [0.1, 0.15) is 121 Å². The molecule has 476 valence electrons. The maximum Gasteiger partial charge on any atom is 0.490 e.